The molecule has 1 rings (SSSR count). The number of nitrogens with two attached hydrogens (primary N) is 1. The van der Waals surface area contributed by atoms with Crippen molar-refractivity contribution < 1.29 is 9.21 Å². The first-order valence-electron chi connectivity index (χ1n) is 3.37. The second-order valence-corrected chi connectivity index (χ2v) is 2.65. The van der Waals surface area contributed by atoms with Gasteiger partial charge in [0, 0.05) is 0 Å². The van der Waals surface area contributed by atoms with E-state index in [0.717, 1.165) is 0 Å². The number of carbonyl (C=O) groups excluding carboxylic acids is 1. The maximum Gasteiger partial charge on any atom is 0.307 e. The molecule has 7 heteroatoms. The van der Waals surface area contributed by atoms with Crippen LogP contribution in [0.1, 0.15) is 16.2 Å². The van der Waals surface area contributed by atoms with Gasteiger partial charge in [0.2, 0.25) is 5.76 Å². The molecule has 0 spiro atoms. The van der Waals surface area contributed by atoms with E-state index < -0.39 is 5.91 Å². The molecule has 1 aromatic rings. The lowest BCUT2D eigenvalue weighted by Crippen LogP contribution is -2.44. The van der Waals surface area contributed by atoms with Crippen LogP contribution in [-0.2, 0) is 0 Å². The molecule has 0 radical (unpaired) electrons. The lowest BCUT2D eigenvalue weighted by molar-refractivity contribution is 0.0915. The number of hydrazine groups is 1. The summed E-state index contributed by atoms with van der Waals surface area (Å²) in [4.78, 5) is 15.0. The molecule has 0 fully saturated rings. The van der Waals surface area contributed by atoms with Crippen molar-refractivity contribution in [2.75, 3.05) is 0 Å². The average molecular weight is 200 g/mol. The maximum atomic E-state index is 11.2. The van der Waals surface area contributed by atoms with Gasteiger partial charge in [0.15, 0.2) is 11.5 Å². The summed E-state index contributed by atoms with van der Waals surface area (Å²) in [5.41, 5.74) is 10.1. The summed E-state index contributed by atoms with van der Waals surface area (Å²) in [5.74, 6) is -0.341. The molecule has 1 amide bonds. The normalized spacial score (nSPS) is 9.31. The number of aromatic nitrogens is 1. The topological polar surface area (TPSA) is 93.2 Å². The van der Waals surface area contributed by atoms with Crippen LogP contribution < -0.4 is 16.6 Å². The summed E-state index contributed by atoms with van der Waals surface area (Å²) in [7, 11) is 0. The molecule has 4 N–H and O–H groups in total. The van der Waals surface area contributed by atoms with Crippen molar-refractivity contribution in [2.45, 2.75) is 6.92 Å². The highest BCUT2D eigenvalue weighted by Gasteiger charge is 2.12. The molecule has 0 aliphatic rings. The number of thiocarbonyl (C=S) groups is 1. The van der Waals surface area contributed by atoms with Gasteiger partial charge in [-0.25, -0.2) is 4.98 Å². The monoisotopic (exact) mass is 200 g/mol. The van der Waals surface area contributed by atoms with Gasteiger partial charge in [0.25, 0.3) is 0 Å². The summed E-state index contributed by atoms with van der Waals surface area (Å²) >= 11 is 4.48. The third kappa shape index (κ3) is 2.41. The molecule has 0 saturated carbocycles. The summed E-state index contributed by atoms with van der Waals surface area (Å²) < 4.78 is 4.81. The van der Waals surface area contributed by atoms with E-state index in [0.29, 0.717) is 5.69 Å². The highest BCUT2D eigenvalue weighted by molar-refractivity contribution is 7.80. The molecule has 1 heterocycles. The Morgan fingerprint density at radius 2 is 2.38 bits per heavy atom. The standard InChI is InChI=1S/C6H8N4O2S/c1-3-4(12-2-8-3)5(11)9-10-6(7)13/h2H,1H3,(H,9,11)(H3,7,10,13). The number of amides is 1. The molecule has 70 valence electrons. The van der Waals surface area contributed by atoms with Crippen molar-refractivity contribution in [2.24, 2.45) is 5.73 Å². The summed E-state index contributed by atoms with van der Waals surface area (Å²) in [5, 5.41) is -0.0227. The molecular weight excluding hydrogens is 192 g/mol. The minimum absolute atomic E-state index is 0.0227. The second kappa shape index (κ2) is 3.85. The van der Waals surface area contributed by atoms with Crippen LogP contribution in [0.5, 0.6) is 0 Å². The Balaban J connectivity index is 2.59. The quantitative estimate of drug-likeness (QED) is 0.416. The van der Waals surface area contributed by atoms with Gasteiger partial charge in [0.1, 0.15) is 0 Å². The van der Waals surface area contributed by atoms with Crippen molar-refractivity contribution in [1.82, 2.24) is 15.8 Å². The minimum Gasteiger partial charge on any atom is -0.438 e. The predicted molar refractivity (Wildman–Crippen MR) is 48.6 cm³/mol. The fourth-order valence-corrected chi connectivity index (χ4v) is 0.746. The number of aryl methyl sites for hydroxylation is 1. The van der Waals surface area contributed by atoms with E-state index in [-0.39, 0.29) is 10.9 Å². The van der Waals surface area contributed by atoms with E-state index in [2.05, 4.69) is 28.1 Å². The van der Waals surface area contributed by atoms with Gasteiger partial charge in [-0.05, 0) is 19.1 Å². The lowest BCUT2D eigenvalue weighted by Gasteiger charge is -2.03. The van der Waals surface area contributed by atoms with Crippen LogP contribution in [0.25, 0.3) is 0 Å². The van der Waals surface area contributed by atoms with Gasteiger partial charge in [-0.15, -0.1) is 0 Å². The Morgan fingerprint density at radius 3 is 2.85 bits per heavy atom. The van der Waals surface area contributed by atoms with Gasteiger partial charge < -0.3 is 10.2 Å². The first-order chi connectivity index (χ1) is 6.11. The third-order valence-electron chi connectivity index (χ3n) is 1.25. The Kier molecular flexibility index (Phi) is 2.80. The van der Waals surface area contributed by atoms with Crippen LogP contribution >= 0.6 is 12.2 Å². The van der Waals surface area contributed by atoms with Crippen LogP contribution in [0.2, 0.25) is 0 Å². The molecule has 13 heavy (non-hydrogen) atoms. The van der Waals surface area contributed by atoms with Gasteiger partial charge in [0.05, 0.1) is 5.69 Å². The van der Waals surface area contributed by atoms with Crippen molar-refractivity contribution in [3.05, 3.63) is 17.8 Å². The van der Waals surface area contributed by atoms with Crippen LogP contribution in [0.15, 0.2) is 10.8 Å². The number of carbonyl (C=O) groups is 1. The Bertz CT molecular complexity index is 335. The van der Waals surface area contributed by atoms with Crippen molar-refractivity contribution >= 4 is 23.2 Å². The highest BCUT2D eigenvalue weighted by atomic mass is 32.1. The molecule has 0 saturated heterocycles. The number of hydrogen-bond acceptors (Lipinski definition) is 4. The summed E-state index contributed by atoms with van der Waals surface area (Å²) in [6, 6.07) is 0. The second-order valence-electron chi connectivity index (χ2n) is 2.21. The van der Waals surface area contributed by atoms with E-state index in [9.17, 15) is 4.79 Å². The molecule has 1 aromatic heterocycles. The molecule has 0 atom stereocenters. The predicted octanol–water partition coefficient (Wildman–Crippen LogP) is -0.539. The van der Waals surface area contributed by atoms with Gasteiger partial charge >= 0.3 is 5.91 Å². The van der Waals surface area contributed by atoms with Crippen molar-refractivity contribution in [3.63, 3.8) is 0 Å². The van der Waals surface area contributed by atoms with Gasteiger partial charge in [-0.3, -0.25) is 15.6 Å². The SMILES string of the molecule is Cc1ncoc1C(=O)NNC(N)=S. The smallest absolute Gasteiger partial charge is 0.307 e. The zero-order valence-electron chi connectivity index (χ0n) is 6.83. The zero-order chi connectivity index (χ0) is 9.84. The van der Waals surface area contributed by atoms with Crippen molar-refractivity contribution in [3.8, 4) is 0 Å². The van der Waals surface area contributed by atoms with Crippen LogP contribution in [-0.4, -0.2) is 16.0 Å². The molecule has 0 aliphatic carbocycles. The highest BCUT2D eigenvalue weighted by Crippen LogP contribution is 2.03. The van der Waals surface area contributed by atoms with E-state index in [1.165, 1.54) is 6.39 Å². The molecule has 0 bridgehead atoms. The molecule has 0 aliphatic heterocycles. The van der Waals surface area contributed by atoms with Crippen LogP contribution in [0.4, 0.5) is 0 Å². The fraction of sp³-hybridized carbons (Fsp3) is 0.167. The third-order valence-corrected chi connectivity index (χ3v) is 1.35. The first kappa shape index (κ1) is 9.46. The van der Waals surface area contributed by atoms with Crippen LogP contribution in [0.3, 0.4) is 0 Å². The summed E-state index contributed by atoms with van der Waals surface area (Å²) in [6.45, 7) is 1.65. The minimum atomic E-state index is -0.470. The van der Waals surface area contributed by atoms with Crippen molar-refractivity contribution in [1.29, 1.82) is 0 Å². The zero-order valence-corrected chi connectivity index (χ0v) is 7.64. The Labute approximate surface area is 79.5 Å². The van der Waals surface area contributed by atoms with Crippen LogP contribution in [0, 0.1) is 6.92 Å². The first-order valence-corrected chi connectivity index (χ1v) is 3.78. The molecular formula is C6H8N4O2S. The number of hydrogen-bond donors (Lipinski definition) is 3. The molecule has 0 unspecified atom stereocenters. The largest absolute Gasteiger partial charge is 0.438 e. The van der Waals surface area contributed by atoms with E-state index >= 15 is 0 Å². The van der Waals surface area contributed by atoms with Gasteiger partial charge in [-0.2, -0.15) is 0 Å². The van der Waals surface area contributed by atoms with E-state index in [1.54, 1.807) is 6.92 Å². The number of nitrogens with zero attached hydrogens (tertiary/aromatic N) is 1. The average Bonchev–Trinajstić information content (AvgIpc) is 2.47. The fourth-order valence-electron chi connectivity index (χ4n) is 0.695. The molecule has 0 aromatic carbocycles. The maximum absolute atomic E-state index is 11.2. The molecule has 6 nitrogen and oxygen atoms in total. The summed E-state index contributed by atoms with van der Waals surface area (Å²) in [6.07, 6.45) is 1.19. The lowest BCUT2D eigenvalue weighted by atomic mass is 10.3. The number of nitrogens with one attached hydrogen (secondary N) is 2. The van der Waals surface area contributed by atoms with E-state index in [1.807, 2.05) is 0 Å². The van der Waals surface area contributed by atoms with Gasteiger partial charge in [-0.1, -0.05) is 0 Å². The van der Waals surface area contributed by atoms with E-state index in [4.69, 9.17) is 10.2 Å². The number of rotatable bonds is 1. The number of oxazole rings is 1. The Morgan fingerprint density at radius 1 is 1.69 bits per heavy atom. The Hall–Kier alpha value is -1.63.